The van der Waals surface area contributed by atoms with Crippen LogP contribution in [0.2, 0.25) is 0 Å². The molecule has 2 aliphatic carbocycles. The summed E-state index contributed by atoms with van der Waals surface area (Å²) < 4.78 is 13.2. The van der Waals surface area contributed by atoms with Crippen molar-refractivity contribution in [3.63, 3.8) is 0 Å². The molecule has 0 amide bonds. The largest absolute Gasteiger partial charge is 0.496 e. The summed E-state index contributed by atoms with van der Waals surface area (Å²) >= 11 is 0. The van der Waals surface area contributed by atoms with E-state index in [4.69, 9.17) is 9.31 Å². The highest BCUT2D eigenvalue weighted by Crippen LogP contribution is 2.41. The molecular formula is C31H29BO2. The van der Waals surface area contributed by atoms with E-state index in [1.54, 1.807) is 0 Å². The van der Waals surface area contributed by atoms with Crippen LogP contribution in [-0.4, -0.2) is 18.3 Å². The molecule has 34 heavy (non-hydrogen) atoms. The molecule has 1 fully saturated rings. The quantitative estimate of drug-likeness (QED) is 0.486. The lowest BCUT2D eigenvalue weighted by atomic mass is 9.72. The van der Waals surface area contributed by atoms with E-state index in [1.807, 2.05) is 0 Å². The Morgan fingerprint density at radius 3 is 2.18 bits per heavy atom. The van der Waals surface area contributed by atoms with Gasteiger partial charge in [-0.1, -0.05) is 91.0 Å². The first-order valence-corrected chi connectivity index (χ1v) is 12.1. The molecule has 1 aliphatic heterocycles. The maximum Gasteiger partial charge on any atom is 0.496 e. The molecule has 0 aromatic heterocycles. The standard InChI is InChI=1S/C31H29BO2/c1-30(2)31(3,4)34-32(33-30)29-25-14-8-7-13-23(20-25)28(26-15-9-10-16-27(26)29)24-18-17-21-11-5-6-12-22(21)19-24/h5-20,23H,1-4H3. The van der Waals surface area contributed by atoms with Crippen LogP contribution in [-0.2, 0) is 9.31 Å². The monoisotopic (exact) mass is 444 g/mol. The van der Waals surface area contributed by atoms with E-state index in [9.17, 15) is 0 Å². The van der Waals surface area contributed by atoms with Crippen LogP contribution in [0.25, 0.3) is 21.8 Å². The van der Waals surface area contributed by atoms with Crippen LogP contribution in [0.15, 0.2) is 103 Å². The maximum atomic E-state index is 6.58. The van der Waals surface area contributed by atoms with E-state index in [1.165, 1.54) is 32.3 Å². The van der Waals surface area contributed by atoms with E-state index in [0.29, 0.717) is 0 Å². The van der Waals surface area contributed by atoms with Crippen molar-refractivity contribution in [2.75, 3.05) is 0 Å². The summed E-state index contributed by atoms with van der Waals surface area (Å²) in [5, 5.41) is 4.92. The number of hydrogen-bond donors (Lipinski definition) is 0. The van der Waals surface area contributed by atoms with Gasteiger partial charge in [0.05, 0.1) is 11.2 Å². The summed E-state index contributed by atoms with van der Waals surface area (Å²) in [6.07, 6.45) is 11.1. The average molecular weight is 444 g/mol. The van der Waals surface area contributed by atoms with Gasteiger partial charge in [-0.2, -0.15) is 0 Å². The summed E-state index contributed by atoms with van der Waals surface area (Å²) in [4.78, 5) is 0. The Bertz CT molecular complexity index is 1500. The highest BCUT2D eigenvalue weighted by Gasteiger charge is 2.53. The van der Waals surface area contributed by atoms with Crippen molar-refractivity contribution in [3.8, 4) is 0 Å². The molecule has 6 rings (SSSR count). The first-order valence-electron chi connectivity index (χ1n) is 12.1. The van der Waals surface area contributed by atoms with Gasteiger partial charge in [0.1, 0.15) is 0 Å². The highest BCUT2D eigenvalue weighted by molar-refractivity contribution is 6.69. The number of benzene rings is 3. The van der Waals surface area contributed by atoms with Crippen molar-refractivity contribution in [1.82, 2.24) is 0 Å². The second-order valence-electron chi connectivity index (χ2n) is 10.4. The molecule has 3 heteroatoms. The molecule has 0 radical (unpaired) electrons. The first-order chi connectivity index (χ1) is 16.3. The van der Waals surface area contributed by atoms with E-state index in [2.05, 4.69) is 125 Å². The number of fused-ring (bicyclic) bond motifs is 3. The van der Waals surface area contributed by atoms with Gasteiger partial charge in [0.25, 0.3) is 0 Å². The van der Waals surface area contributed by atoms with Gasteiger partial charge in [-0.3, -0.25) is 0 Å². The zero-order valence-electron chi connectivity index (χ0n) is 20.2. The molecule has 0 spiro atoms. The third-order valence-corrected chi connectivity index (χ3v) is 7.77. The van der Waals surface area contributed by atoms with Gasteiger partial charge in [-0.15, -0.1) is 0 Å². The molecule has 3 aliphatic rings. The molecule has 0 saturated carbocycles. The van der Waals surface area contributed by atoms with Crippen LogP contribution in [0.4, 0.5) is 0 Å². The molecule has 0 N–H and O–H groups in total. The minimum Gasteiger partial charge on any atom is -0.399 e. The fourth-order valence-corrected chi connectivity index (χ4v) is 5.22. The van der Waals surface area contributed by atoms with Crippen LogP contribution in [0.3, 0.4) is 0 Å². The van der Waals surface area contributed by atoms with Gasteiger partial charge in [0.2, 0.25) is 0 Å². The smallest absolute Gasteiger partial charge is 0.399 e. The fraction of sp³-hybridized carbons (Fsp3) is 0.226. The van der Waals surface area contributed by atoms with Crippen LogP contribution in [0, 0.1) is 5.92 Å². The van der Waals surface area contributed by atoms with Crippen molar-refractivity contribution in [3.05, 3.63) is 119 Å². The average Bonchev–Trinajstić information content (AvgIpc) is 3.00. The molecule has 2 bridgehead atoms. The molecule has 168 valence electrons. The number of rotatable bonds is 2. The van der Waals surface area contributed by atoms with E-state index in [0.717, 1.165) is 11.0 Å². The van der Waals surface area contributed by atoms with Gasteiger partial charge < -0.3 is 9.31 Å². The number of allylic oxidation sites excluding steroid dienone is 6. The number of hydrogen-bond acceptors (Lipinski definition) is 2. The zero-order chi connectivity index (χ0) is 23.5. The summed E-state index contributed by atoms with van der Waals surface area (Å²) in [6.45, 7) is 8.46. The predicted molar refractivity (Wildman–Crippen MR) is 141 cm³/mol. The molecule has 3 aromatic carbocycles. The highest BCUT2D eigenvalue weighted by atomic mass is 16.7. The second kappa shape index (κ2) is 7.70. The molecule has 1 heterocycles. The van der Waals surface area contributed by atoms with Crippen molar-refractivity contribution >= 4 is 28.9 Å². The van der Waals surface area contributed by atoms with Crippen molar-refractivity contribution < 1.29 is 9.31 Å². The molecular weight excluding hydrogens is 415 g/mol. The maximum absolute atomic E-state index is 6.58. The Balaban J connectivity index is 1.68. The van der Waals surface area contributed by atoms with E-state index < -0.39 is 18.3 Å². The van der Waals surface area contributed by atoms with E-state index >= 15 is 0 Å². The summed E-state index contributed by atoms with van der Waals surface area (Å²) in [5.74, 6) is 0.146. The van der Waals surface area contributed by atoms with Crippen LogP contribution in [0.5, 0.6) is 0 Å². The molecule has 1 unspecified atom stereocenters. The summed E-state index contributed by atoms with van der Waals surface area (Å²) in [5.41, 5.74) is 4.03. The van der Waals surface area contributed by atoms with Crippen LogP contribution in [0.1, 0.15) is 33.3 Å². The second-order valence-corrected chi connectivity index (χ2v) is 10.4. The Kier molecular flexibility index (Phi) is 4.84. The minimum atomic E-state index is -0.434. The van der Waals surface area contributed by atoms with Gasteiger partial charge in [-0.05, 0) is 77.2 Å². The Labute approximate surface area is 201 Å². The fourth-order valence-electron chi connectivity index (χ4n) is 5.22. The van der Waals surface area contributed by atoms with E-state index in [-0.39, 0.29) is 5.92 Å². The van der Waals surface area contributed by atoms with Crippen molar-refractivity contribution in [2.24, 2.45) is 5.92 Å². The molecule has 1 atom stereocenters. The van der Waals surface area contributed by atoms with Gasteiger partial charge in [0.15, 0.2) is 0 Å². The summed E-state index contributed by atoms with van der Waals surface area (Å²) in [6, 6.07) is 24.1. The first kappa shape index (κ1) is 21.4. The van der Waals surface area contributed by atoms with Gasteiger partial charge in [-0.25, -0.2) is 0 Å². The van der Waals surface area contributed by atoms with Crippen LogP contribution >= 0.6 is 0 Å². The zero-order valence-corrected chi connectivity index (χ0v) is 20.2. The Morgan fingerprint density at radius 2 is 1.41 bits per heavy atom. The minimum absolute atomic E-state index is 0.146. The third-order valence-electron chi connectivity index (χ3n) is 7.77. The Hall–Kier alpha value is -3.14. The van der Waals surface area contributed by atoms with Crippen molar-refractivity contribution in [2.45, 2.75) is 38.9 Å². The SMILES string of the molecule is CC1(C)OB(C2=c3ccccc3=C(c3ccc4ccccc4c3)C3C=CC=CC2=C3)OC1(C)C. The predicted octanol–water partition coefficient (Wildman–Crippen LogP) is 5.50. The molecule has 1 saturated heterocycles. The normalized spacial score (nSPS) is 22.4. The lowest BCUT2D eigenvalue weighted by molar-refractivity contribution is 0.00578. The van der Waals surface area contributed by atoms with Crippen molar-refractivity contribution in [1.29, 1.82) is 0 Å². The van der Waals surface area contributed by atoms with Crippen LogP contribution < -0.4 is 10.4 Å². The summed E-state index contributed by atoms with van der Waals surface area (Å²) in [7, 11) is -0.434. The van der Waals surface area contributed by atoms with Gasteiger partial charge in [0, 0.05) is 5.92 Å². The lowest BCUT2D eigenvalue weighted by Gasteiger charge is -2.32. The lowest BCUT2D eigenvalue weighted by Crippen LogP contribution is -2.41. The van der Waals surface area contributed by atoms with Gasteiger partial charge >= 0.3 is 7.12 Å². The molecule has 3 aromatic rings. The Morgan fingerprint density at radius 1 is 0.735 bits per heavy atom. The topological polar surface area (TPSA) is 18.5 Å². The molecule has 2 nitrogen and oxygen atoms in total. The third kappa shape index (κ3) is 3.34.